The zero-order valence-electron chi connectivity index (χ0n) is 11.5. The van der Waals surface area contributed by atoms with Gasteiger partial charge in [0.15, 0.2) is 11.5 Å². The summed E-state index contributed by atoms with van der Waals surface area (Å²) < 4.78 is 24.0. The quantitative estimate of drug-likeness (QED) is 0.911. The van der Waals surface area contributed by atoms with Crippen LogP contribution in [0.15, 0.2) is 36.4 Å². The lowest BCUT2D eigenvalue weighted by Crippen LogP contribution is -2.02. The van der Waals surface area contributed by atoms with E-state index in [2.05, 4.69) is 0 Å². The Kier molecular flexibility index (Phi) is 4.58. The highest BCUT2D eigenvalue weighted by Crippen LogP contribution is 2.32. The van der Waals surface area contributed by atoms with Crippen molar-refractivity contribution in [2.24, 2.45) is 0 Å². The van der Waals surface area contributed by atoms with Crippen LogP contribution in [0.25, 0.3) is 0 Å². The third-order valence-corrected chi connectivity index (χ3v) is 3.13. The number of rotatable bonds is 5. The highest BCUT2D eigenvalue weighted by Gasteiger charge is 2.11. The lowest BCUT2D eigenvalue weighted by molar-refractivity contribution is 0.249. The van der Waals surface area contributed by atoms with Crippen LogP contribution >= 0.6 is 0 Å². The molecule has 0 radical (unpaired) electrons. The zero-order chi connectivity index (χ0) is 14.5. The van der Waals surface area contributed by atoms with E-state index in [4.69, 9.17) is 9.47 Å². The average Bonchev–Trinajstić information content (AvgIpc) is 2.46. The molecular formula is C16H17FO3. The number of hydrogen-bond acceptors (Lipinski definition) is 3. The highest BCUT2D eigenvalue weighted by molar-refractivity contribution is 5.46. The van der Waals surface area contributed by atoms with Gasteiger partial charge in [-0.15, -0.1) is 0 Å². The molecule has 0 atom stereocenters. The summed E-state index contributed by atoms with van der Waals surface area (Å²) in [5.41, 5.74) is 2.37. The first-order valence-corrected chi connectivity index (χ1v) is 6.30. The number of methoxy groups -OCH3 is 1. The van der Waals surface area contributed by atoms with Gasteiger partial charge in [-0.25, -0.2) is 4.39 Å². The van der Waals surface area contributed by atoms with Crippen LogP contribution in [0.3, 0.4) is 0 Å². The largest absolute Gasteiger partial charge is 0.493 e. The van der Waals surface area contributed by atoms with Crippen molar-refractivity contribution in [1.82, 2.24) is 0 Å². The summed E-state index contributed by atoms with van der Waals surface area (Å²) in [5, 5.41) is 9.34. The zero-order valence-corrected chi connectivity index (χ0v) is 11.5. The molecule has 0 fully saturated rings. The van der Waals surface area contributed by atoms with Gasteiger partial charge in [0, 0.05) is 5.56 Å². The molecule has 0 saturated carbocycles. The number of aliphatic hydroxyl groups is 1. The minimum Gasteiger partial charge on any atom is -0.493 e. The van der Waals surface area contributed by atoms with Crippen molar-refractivity contribution in [1.29, 1.82) is 0 Å². The number of benzene rings is 2. The molecule has 0 heterocycles. The van der Waals surface area contributed by atoms with Gasteiger partial charge in [-0.2, -0.15) is 0 Å². The smallest absolute Gasteiger partial charge is 0.167 e. The van der Waals surface area contributed by atoms with Crippen molar-refractivity contribution >= 4 is 0 Å². The number of aryl methyl sites for hydroxylation is 1. The van der Waals surface area contributed by atoms with Gasteiger partial charge in [0.05, 0.1) is 13.7 Å². The summed E-state index contributed by atoms with van der Waals surface area (Å²) in [5.74, 6) is 0.817. The van der Waals surface area contributed by atoms with E-state index in [9.17, 15) is 9.50 Å². The van der Waals surface area contributed by atoms with Crippen molar-refractivity contribution < 1.29 is 19.0 Å². The van der Waals surface area contributed by atoms with E-state index >= 15 is 0 Å². The molecule has 0 aliphatic rings. The van der Waals surface area contributed by atoms with E-state index in [1.807, 2.05) is 6.92 Å². The Bertz CT molecular complexity index is 574. The fourth-order valence-electron chi connectivity index (χ4n) is 1.98. The first-order valence-electron chi connectivity index (χ1n) is 6.30. The predicted octanol–water partition coefficient (Wildman–Crippen LogP) is 3.21. The highest BCUT2D eigenvalue weighted by atomic mass is 19.1. The Balaban J connectivity index is 2.22. The first kappa shape index (κ1) is 14.3. The molecule has 3 nitrogen and oxygen atoms in total. The summed E-state index contributed by atoms with van der Waals surface area (Å²) >= 11 is 0. The Morgan fingerprint density at radius 2 is 1.95 bits per heavy atom. The summed E-state index contributed by atoms with van der Waals surface area (Å²) in [6, 6.07) is 9.90. The molecule has 0 aromatic heterocycles. The molecule has 0 saturated heterocycles. The van der Waals surface area contributed by atoms with E-state index in [0.29, 0.717) is 23.7 Å². The third kappa shape index (κ3) is 3.08. The number of hydrogen-bond donors (Lipinski definition) is 1. The lowest BCUT2D eigenvalue weighted by atomic mass is 10.1. The number of halogens is 1. The number of ether oxygens (including phenoxy) is 2. The van der Waals surface area contributed by atoms with Crippen molar-refractivity contribution in [2.45, 2.75) is 20.1 Å². The van der Waals surface area contributed by atoms with Crippen LogP contribution in [0.5, 0.6) is 11.5 Å². The Hall–Kier alpha value is -2.07. The molecule has 20 heavy (non-hydrogen) atoms. The van der Waals surface area contributed by atoms with Crippen LogP contribution in [0.2, 0.25) is 0 Å². The van der Waals surface area contributed by atoms with Gasteiger partial charge in [-0.1, -0.05) is 18.2 Å². The number of para-hydroxylation sites is 1. The second kappa shape index (κ2) is 6.39. The predicted molar refractivity (Wildman–Crippen MR) is 74.4 cm³/mol. The summed E-state index contributed by atoms with van der Waals surface area (Å²) in [4.78, 5) is 0. The van der Waals surface area contributed by atoms with Crippen molar-refractivity contribution in [2.75, 3.05) is 7.11 Å². The maximum Gasteiger partial charge on any atom is 0.167 e. The van der Waals surface area contributed by atoms with E-state index in [-0.39, 0.29) is 12.4 Å². The van der Waals surface area contributed by atoms with Gasteiger partial charge in [-0.3, -0.25) is 0 Å². The van der Waals surface area contributed by atoms with Crippen LogP contribution in [-0.2, 0) is 13.2 Å². The molecule has 0 unspecified atom stereocenters. The average molecular weight is 276 g/mol. The summed E-state index contributed by atoms with van der Waals surface area (Å²) in [7, 11) is 1.55. The molecule has 0 bridgehead atoms. The van der Waals surface area contributed by atoms with Gasteiger partial charge in [0.2, 0.25) is 0 Å². The molecular weight excluding hydrogens is 259 g/mol. The molecule has 106 valence electrons. The lowest BCUT2D eigenvalue weighted by Gasteiger charge is -2.15. The van der Waals surface area contributed by atoms with E-state index in [1.54, 1.807) is 31.4 Å². The minimum atomic E-state index is -0.264. The van der Waals surface area contributed by atoms with Crippen LogP contribution in [0.1, 0.15) is 16.7 Å². The molecule has 4 heteroatoms. The van der Waals surface area contributed by atoms with Crippen LogP contribution in [0.4, 0.5) is 4.39 Å². The fraction of sp³-hybridized carbons (Fsp3) is 0.250. The molecule has 2 rings (SSSR count). The summed E-state index contributed by atoms with van der Waals surface area (Å²) in [6.45, 7) is 1.99. The van der Waals surface area contributed by atoms with E-state index in [1.165, 1.54) is 12.1 Å². The molecule has 0 aliphatic carbocycles. The Morgan fingerprint density at radius 1 is 1.15 bits per heavy atom. The third-order valence-electron chi connectivity index (χ3n) is 3.13. The Labute approximate surface area is 117 Å². The fourth-order valence-corrected chi connectivity index (χ4v) is 1.98. The van der Waals surface area contributed by atoms with Crippen LogP contribution < -0.4 is 9.47 Å². The molecule has 0 amide bonds. The van der Waals surface area contributed by atoms with Crippen molar-refractivity contribution in [3.8, 4) is 11.5 Å². The molecule has 2 aromatic rings. The molecule has 1 N–H and O–H groups in total. The first-order chi connectivity index (χ1) is 9.65. The van der Waals surface area contributed by atoms with Gasteiger partial charge in [0.25, 0.3) is 0 Å². The summed E-state index contributed by atoms with van der Waals surface area (Å²) in [6.07, 6.45) is 0. The SMILES string of the molecule is COc1cccc(CO)c1OCc1ccc(F)cc1C. The van der Waals surface area contributed by atoms with Gasteiger partial charge < -0.3 is 14.6 Å². The van der Waals surface area contributed by atoms with Crippen molar-refractivity contribution in [3.05, 3.63) is 58.9 Å². The maximum atomic E-state index is 13.1. The maximum absolute atomic E-state index is 13.1. The number of aliphatic hydroxyl groups excluding tert-OH is 1. The van der Waals surface area contributed by atoms with E-state index in [0.717, 1.165) is 11.1 Å². The standard InChI is InChI=1S/C16H17FO3/c1-11-8-14(17)7-6-13(11)10-20-16-12(9-18)4-3-5-15(16)19-2/h3-8,18H,9-10H2,1-2H3. The van der Waals surface area contributed by atoms with Gasteiger partial charge >= 0.3 is 0 Å². The van der Waals surface area contributed by atoms with Gasteiger partial charge in [-0.05, 0) is 36.2 Å². The van der Waals surface area contributed by atoms with Crippen LogP contribution in [-0.4, -0.2) is 12.2 Å². The molecule has 2 aromatic carbocycles. The monoisotopic (exact) mass is 276 g/mol. The second-order valence-corrected chi connectivity index (χ2v) is 4.47. The van der Waals surface area contributed by atoms with Crippen molar-refractivity contribution in [3.63, 3.8) is 0 Å². The topological polar surface area (TPSA) is 38.7 Å². The molecule has 0 aliphatic heterocycles. The van der Waals surface area contributed by atoms with Crippen LogP contribution in [0, 0.1) is 12.7 Å². The van der Waals surface area contributed by atoms with Gasteiger partial charge in [0.1, 0.15) is 12.4 Å². The second-order valence-electron chi connectivity index (χ2n) is 4.47. The minimum absolute atomic E-state index is 0.130. The molecule has 0 spiro atoms. The van der Waals surface area contributed by atoms with E-state index < -0.39 is 0 Å². The Morgan fingerprint density at radius 3 is 2.60 bits per heavy atom. The normalized spacial score (nSPS) is 10.4.